The number of nitrogens with zero attached hydrogens (tertiary/aromatic N) is 2. The highest BCUT2D eigenvalue weighted by atomic mass is 35.5. The second-order valence-electron chi connectivity index (χ2n) is 7.50. The maximum atomic E-state index is 12.9. The molecule has 3 amide bonds. The Morgan fingerprint density at radius 2 is 1.66 bits per heavy atom. The van der Waals surface area contributed by atoms with Crippen LogP contribution in [0.4, 0.5) is 5.69 Å². The smallest absolute Gasteiger partial charge is 0.292 e. The molecule has 0 aliphatic carbocycles. The Morgan fingerprint density at radius 1 is 1.00 bits per heavy atom. The summed E-state index contributed by atoms with van der Waals surface area (Å²) in [5.41, 5.74) is 1.56. The summed E-state index contributed by atoms with van der Waals surface area (Å²) in [6.45, 7) is 2.52. The van der Waals surface area contributed by atoms with Gasteiger partial charge >= 0.3 is 0 Å². The molecule has 1 N–H and O–H groups in total. The number of anilines is 1. The molecule has 7 heteroatoms. The van der Waals surface area contributed by atoms with Crippen molar-refractivity contribution in [1.29, 1.82) is 0 Å². The first-order valence-electron chi connectivity index (χ1n) is 9.81. The number of hydrogen-bond acceptors (Lipinski definition) is 3. The molecule has 0 spiro atoms. The molecule has 0 unspecified atom stereocenters. The van der Waals surface area contributed by atoms with Crippen molar-refractivity contribution in [2.24, 2.45) is 0 Å². The second kappa shape index (κ2) is 8.35. The minimum absolute atomic E-state index is 0.104. The number of benzene rings is 2. The Kier molecular flexibility index (Phi) is 5.65. The first kappa shape index (κ1) is 19.6. The van der Waals surface area contributed by atoms with E-state index in [4.69, 9.17) is 11.6 Å². The van der Waals surface area contributed by atoms with Gasteiger partial charge in [0.15, 0.2) is 6.04 Å². The monoisotopic (exact) mass is 412 g/mol. The van der Waals surface area contributed by atoms with Crippen LogP contribution < -0.4 is 9.80 Å². The highest BCUT2D eigenvalue weighted by Gasteiger charge is 2.46. The number of amides is 3. The van der Waals surface area contributed by atoms with Crippen molar-refractivity contribution in [3.05, 3.63) is 65.2 Å². The zero-order chi connectivity index (χ0) is 20.4. The number of carbonyl (C=O) groups is 3. The number of carbonyl (C=O) groups excluding carboxylic acids is 3. The molecule has 2 saturated heterocycles. The molecule has 0 radical (unpaired) electrons. The van der Waals surface area contributed by atoms with Crippen molar-refractivity contribution in [3.63, 3.8) is 0 Å². The van der Waals surface area contributed by atoms with Gasteiger partial charge in [0.25, 0.3) is 5.91 Å². The van der Waals surface area contributed by atoms with E-state index in [1.165, 1.54) is 4.90 Å². The lowest BCUT2D eigenvalue weighted by Crippen LogP contribution is -3.19. The van der Waals surface area contributed by atoms with Gasteiger partial charge in [0.05, 0.1) is 44.7 Å². The standard InChI is InChI=1S/C22H22ClN3O3/c23-17-6-8-18(9-7-17)26-21(28)15-19(22(26)29)24-10-12-25(13-11-24)20(27)14-16-4-2-1-3-5-16/h1-9,19H,10-15H2/p+1/t19-/m0/s1. The molecule has 0 aromatic heterocycles. The SMILES string of the molecule is O=C(Cc1ccccc1)N1CC[NH+]([C@H]2CC(=O)N(c3ccc(Cl)cc3)C2=O)CC1. The molecule has 0 bridgehead atoms. The fraction of sp³-hybridized carbons (Fsp3) is 0.318. The number of imide groups is 1. The van der Waals surface area contributed by atoms with E-state index in [2.05, 4.69) is 0 Å². The average Bonchev–Trinajstić information content (AvgIpc) is 3.04. The highest BCUT2D eigenvalue weighted by molar-refractivity contribution is 6.30. The van der Waals surface area contributed by atoms with E-state index in [1.54, 1.807) is 24.3 Å². The Bertz CT molecular complexity index is 909. The minimum atomic E-state index is -0.385. The minimum Gasteiger partial charge on any atom is -0.331 e. The summed E-state index contributed by atoms with van der Waals surface area (Å²) < 4.78 is 0. The lowest BCUT2D eigenvalue weighted by atomic mass is 10.1. The third kappa shape index (κ3) is 4.18. The van der Waals surface area contributed by atoms with E-state index in [9.17, 15) is 14.4 Å². The third-order valence-corrected chi connectivity index (χ3v) is 5.93. The lowest BCUT2D eigenvalue weighted by molar-refractivity contribution is -0.918. The van der Waals surface area contributed by atoms with E-state index in [0.29, 0.717) is 43.3 Å². The van der Waals surface area contributed by atoms with Gasteiger partial charge in [0.2, 0.25) is 11.8 Å². The van der Waals surface area contributed by atoms with E-state index in [1.807, 2.05) is 35.2 Å². The lowest BCUT2D eigenvalue weighted by Gasteiger charge is -2.34. The van der Waals surface area contributed by atoms with Gasteiger partial charge in [0.1, 0.15) is 0 Å². The van der Waals surface area contributed by atoms with Crippen molar-refractivity contribution in [2.45, 2.75) is 18.9 Å². The predicted octanol–water partition coefficient (Wildman–Crippen LogP) is 0.942. The fourth-order valence-corrected chi connectivity index (χ4v) is 4.21. The summed E-state index contributed by atoms with van der Waals surface area (Å²) in [6.07, 6.45) is 0.593. The van der Waals surface area contributed by atoms with Gasteiger partial charge in [-0.2, -0.15) is 0 Å². The number of hydrogen-bond donors (Lipinski definition) is 1. The Labute approximate surface area is 174 Å². The molecule has 2 aliphatic rings. The summed E-state index contributed by atoms with van der Waals surface area (Å²) in [6, 6.07) is 16.0. The molecule has 6 nitrogen and oxygen atoms in total. The molecule has 150 valence electrons. The molecule has 4 rings (SSSR count). The van der Waals surface area contributed by atoms with E-state index in [0.717, 1.165) is 10.5 Å². The average molecular weight is 413 g/mol. The largest absolute Gasteiger partial charge is 0.331 e. The Hall–Kier alpha value is -2.70. The molecule has 1 atom stereocenters. The van der Waals surface area contributed by atoms with Crippen LogP contribution in [0.5, 0.6) is 0 Å². The van der Waals surface area contributed by atoms with Crippen LogP contribution >= 0.6 is 11.6 Å². The van der Waals surface area contributed by atoms with E-state index in [-0.39, 0.29) is 30.2 Å². The third-order valence-electron chi connectivity index (χ3n) is 5.68. The van der Waals surface area contributed by atoms with Crippen molar-refractivity contribution in [2.75, 3.05) is 31.1 Å². The van der Waals surface area contributed by atoms with Gasteiger partial charge < -0.3 is 9.80 Å². The number of piperazine rings is 1. The zero-order valence-electron chi connectivity index (χ0n) is 16.0. The molecule has 2 fully saturated rings. The summed E-state index contributed by atoms with van der Waals surface area (Å²) in [7, 11) is 0. The molecular formula is C22H23ClN3O3+. The van der Waals surface area contributed by atoms with Crippen LogP contribution in [0.3, 0.4) is 0 Å². The molecule has 29 heavy (non-hydrogen) atoms. The maximum Gasteiger partial charge on any atom is 0.292 e. The molecule has 0 saturated carbocycles. The van der Waals surface area contributed by atoms with Crippen molar-refractivity contribution in [3.8, 4) is 0 Å². The van der Waals surface area contributed by atoms with Gasteiger partial charge in [-0.3, -0.25) is 14.4 Å². The first-order valence-corrected chi connectivity index (χ1v) is 10.2. The van der Waals surface area contributed by atoms with Crippen LogP contribution in [0.2, 0.25) is 5.02 Å². The van der Waals surface area contributed by atoms with Gasteiger partial charge in [0, 0.05) is 5.02 Å². The van der Waals surface area contributed by atoms with Crippen LogP contribution in [0.1, 0.15) is 12.0 Å². The summed E-state index contributed by atoms with van der Waals surface area (Å²) in [4.78, 5) is 42.2. The number of nitrogens with one attached hydrogen (secondary N) is 1. The second-order valence-corrected chi connectivity index (χ2v) is 7.94. The normalized spacial score (nSPS) is 20.4. The van der Waals surface area contributed by atoms with E-state index < -0.39 is 0 Å². The Balaban J connectivity index is 1.36. The number of quaternary nitrogens is 1. The summed E-state index contributed by atoms with van der Waals surface area (Å²) in [5.74, 6) is -0.249. The van der Waals surface area contributed by atoms with Gasteiger partial charge in [-0.25, -0.2) is 4.90 Å². The molecule has 2 aliphatic heterocycles. The molecule has 2 aromatic rings. The van der Waals surface area contributed by atoms with Gasteiger partial charge in [-0.15, -0.1) is 0 Å². The quantitative estimate of drug-likeness (QED) is 0.760. The number of rotatable bonds is 4. The van der Waals surface area contributed by atoms with Crippen molar-refractivity contribution >= 4 is 35.0 Å². The summed E-state index contributed by atoms with van der Waals surface area (Å²) >= 11 is 5.91. The Morgan fingerprint density at radius 3 is 2.31 bits per heavy atom. The van der Waals surface area contributed by atoms with Crippen LogP contribution in [-0.2, 0) is 20.8 Å². The molecule has 2 aromatic carbocycles. The van der Waals surface area contributed by atoms with Crippen LogP contribution in [0, 0.1) is 0 Å². The van der Waals surface area contributed by atoms with Crippen LogP contribution in [-0.4, -0.2) is 54.8 Å². The van der Waals surface area contributed by atoms with Crippen LogP contribution in [0.25, 0.3) is 0 Å². The van der Waals surface area contributed by atoms with E-state index >= 15 is 0 Å². The topological polar surface area (TPSA) is 62.1 Å². The fourth-order valence-electron chi connectivity index (χ4n) is 4.09. The predicted molar refractivity (Wildman–Crippen MR) is 110 cm³/mol. The molecular weight excluding hydrogens is 390 g/mol. The summed E-state index contributed by atoms with van der Waals surface area (Å²) in [5, 5.41) is 0.561. The highest BCUT2D eigenvalue weighted by Crippen LogP contribution is 2.23. The van der Waals surface area contributed by atoms with Crippen molar-refractivity contribution < 1.29 is 19.3 Å². The number of halogens is 1. The molecule has 2 heterocycles. The zero-order valence-corrected chi connectivity index (χ0v) is 16.8. The first-order chi connectivity index (χ1) is 14.0. The van der Waals surface area contributed by atoms with Gasteiger partial charge in [-0.1, -0.05) is 41.9 Å². The van der Waals surface area contributed by atoms with Crippen LogP contribution in [0.15, 0.2) is 54.6 Å². The van der Waals surface area contributed by atoms with Crippen molar-refractivity contribution in [1.82, 2.24) is 4.90 Å². The maximum absolute atomic E-state index is 12.9. The van der Waals surface area contributed by atoms with Gasteiger partial charge in [-0.05, 0) is 29.8 Å².